The van der Waals surface area contributed by atoms with E-state index in [0.717, 1.165) is 31.0 Å². The Morgan fingerprint density at radius 1 is 1.50 bits per heavy atom. The largest absolute Gasteiger partial charge is 0.381 e. The molecule has 0 bridgehead atoms. The Bertz CT molecular complexity index is 114. The van der Waals surface area contributed by atoms with Crippen LogP contribution in [0.15, 0.2) is 0 Å². The van der Waals surface area contributed by atoms with E-state index in [4.69, 9.17) is 4.74 Å². The Labute approximate surface area is 61.9 Å². The Morgan fingerprint density at radius 2 is 2.40 bits per heavy atom. The molecule has 2 aliphatic rings. The zero-order chi connectivity index (χ0) is 6.97. The molecule has 10 heavy (non-hydrogen) atoms. The van der Waals surface area contributed by atoms with Crippen molar-refractivity contribution in [3.63, 3.8) is 0 Å². The van der Waals surface area contributed by atoms with Crippen LogP contribution >= 0.6 is 0 Å². The first-order chi connectivity index (χ1) is 4.93. The van der Waals surface area contributed by atoms with Gasteiger partial charge in [0.2, 0.25) is 0 Å². The first-order valence-corrected chi connectivity index (χ1v) is 4.16. The molecule has 3 unspecified atom stereocenters. The Hall–Kier alpha value is -0.0800. The third-order valence-corrected chi connectivity index (χ3v) is 2.85. The van der Waals surface area contributed by atoms with Gasteiger partial charge in [-0.2, -0.15) is 0 Å². The summed E-state index contributed by atoms with van der Waals surface area (Å²) in [4.78, 5) is 0. The van der Waals surface area contributed by atoms with Gasteiger partial charge in [-0.1, -0.05) is 0 Å². The minimum atomic E-state index is 0.904. The average molecular weight is 141 g/mol. The van der Waals surface area contributed by atoms with Crippen LogP contribution in [0.25, 0.3) is 0 Å². The van der Waals surface area contributed by atoms with Gasteiger partial charge in [0.1, 0.15) is 0 Å². The molecule has 1 heterocycles. The smallest absolute Gasteiger partial charge is 0.0500 e. The lowest BCUT2D eigenvalue weighted by atomic mass is 10.2. The fourth-order valence-corrected chi connectivity index (χ4v) is 2.18. The molecule has 1 saturated carbocycles. The summed E-state index contributed by atoms with van der Waals surface area (Å²) in [5.41, 5.74) is 0. The summed E-state index contributed by atoms with van der Waals surface area (Å²) in [6, 6.07) is 0. The van der Waals surface area contributed by atoms with E-state index in [0.29, 0.717) is 0 Å². The average Bonchev–Trinajstić information content (AvgIpc) is 2.66. The van der Waals surface area contributed by atoms with Gasteiger partial charge in [-0.05, 0) is 37.8 Å². The quantitative estimate of drug-likeness (QED) is 0.604. The zero-order valence-corrected chi connectivity index (χ0v) is 6.47. The molecule has 2 rings (SSSR count). The SMILES string of the molecule is CNCC1C2CCOCC21. The van der Waals surface area contributed by atoms with Crippen LogP contribution in [0.4, 0.5) is 0 Å². The van der Waals surface area contributed by atoms with Crippen molar-refractivity contribution in [2.24, 2.45) is 17.8 Å². The second-order valence-corrected chi connectivity index (χ2v) is 3.41. The van der Waals surface area contributed by atoms with Crippen LogP contribution in [0, 0.1) is 17.8 Å². The molecule has 58 valence electrons. The summed E-state index contributed by atoms with van der Waals surface area (Å²) in [6.45, 7) is 3.22. The second kappa shape index (κ2) is 2.51. The topological polar surface area (TPSA) is 21.3 Å². The number of nitrogens with one attached hydrogen (secondary N) is 1. The van der Waals surface area contributed by atoms with Crippen molar-refractivity contribution >= 4 is 0 Å². The van der Waals surface area contributed by atoms with Crippen LogP contribution in [0.5, 0.6) is 0 Å². The predicted octanol–water partition coefficient (Wildman–Crippen LogP) is 0.488. The standard InChI is InChI=1S/C8H15NO/c1-9-4-7-6-2-3-10-5-8(6)7/h6-9H,2-5H2,1H3. The first kappa shape index (κ1) is 6.62. The van der Waals surface area contributed by atoms with Crippen LogP contribution in [-0.4, -0.2) is 26.8 Å². The van der Waals surface area contributed by atoms with Crippen LogP contribution < -0.4 is 5.32 Å². The van der Waals surface area contributed by atoms with E-state index >= 15 is 0 Å². The Morgan fingerprint density at radius 3 is 3.00 bits per heavy atom. The molecule has 0 aromatic heterocycles. The van der Waals surface area contributed by atoms with Gasteiger partial charge < -0.3 is 10.1 Å². The van der Waals surface area contributed by atoms with Gasteiger partial charge in [0.15, 0.2) is 0 Å². The maximum atomic E-state index is 5.37. The van der Waals surface area contributed by atoms with Crippen molar-refractivity contribution < 1.29 is 4.74 Å². The maximum Gasteiger partial charge on any atom is 0.0500 e. The third-order valence-electron chi connectivity index (χ3n) is 2.85. The molecule has 2 heteroatoms. The fraction of sp³-hybridized carbons (Fsp3) is 1.00. The van der Waals surface area contributed by atoms with Crippen molar-refractivity contribution in [2.75, 3.05) is 26.8 Å². The van der Waals surface area contributed by atoms with Crippen molar-refractivity contribution in [3.8, 4) is 0 Å². The highest BCUT2D eigenvalue weighted by molar-refractivity contribution is 4.99. The van der Waals surface area contributed by atoms with E-state index in [9.17, 15) is 0 Å². The second-order valence-electron chi connectivity index (χ2n) is 3.41. The van der Waals surface area contributed by atoms with Crippen molar-refractivity contribution in [1.82, 2.24) is 5.32 Å². The maximum absolute atomic E-state index is 5.37. The summed E-state index contributed by atoms with van der Waals surface area (Å²) < 4.78 is 5.37. The van der Waals surface area contributed by atoms with Gasteiger partial charge in [-0.3, -0.25) is 0 Å². The molecule has 2 nitrogen and oxygen atoms in total. The molecule has 1 aliphatic carbocycles. The number of ether oxygens (including phenoxy) is 1. The minimum absolute atomic E-state index is 0.904. The molecule has 0 aromatic carbocycles. The van der Waals surface area contributed by atoms with Gasteiger partial charge in [0, 0.05) is 13.2 Å². The van der Waals surface area contributed by atoms with Gasteiger partial charge >= 0.3 is 0 Å². The molecule has 3 atom stereocenters. The molecule has 1 saturated heterocycles. The predicted molar refractivity (Wildman–Crippen MR) is 39.8 cm³/mol. The van der Waals surface area contributed by atoms with Gasteiger partial charge in [0.05, 0.1) is 0 Å². The molecular formula is C8H15NO. The molecule has 0 aromatic rings. The van der Waals surface area contributed by atoms with Crippen LogP contribution in [0.1, 0.15) is 6.42 Å². The molecular weight excluding hydrogens is 126 g/mol. The minimum Gasteiger partial charge on any atom is -0.381 e. The normalized spacial score (nSPS) is 44.7. The summed E-state index contributed by atoms with van der Waals surface area (Å²) in [5, 5.41) is 3.23. The zero-order valence-electron chi connectivity index (χ0n) is 6.47. The van der Waals surface area contributed by atoms with Crippen LogP contribution in [0.2, 0.25) is 0 Å². The summed E-state index contributed by atoms with van der Waals surface area (Å²) in [6.07, 6.45) is 1.30. The lowest BCUT2D eigenvalue weighted by Gasteiger charge is -2.07. The summed E-state index contributed by atoms with van der Waals surface area (Å²) in [5.74, 6) is 2.84. The fourth-order valence-electron chi connectivity index (χ4n) is 2.18. The number of fused-ring (bicyclic) bond motifs is 1. The van der Waals surface area contributed by atoms with E-state index in [-0.39, 0.29) is 0 Å². The molecule has 0 radical (unpaired) electrons. The van der Waals surface area contributed by atoms with Crippen LogP contribution in [0.3, 0.4) is 0 Å². The van der Waals surface area contributed by atoms with E-state index in [1.807, 2.05) is 7.05 Å². The Balaban J connectivity index is 1.82. The van der Waals surface area contributed by atoms with E-state index in [2.05, 4.69) is 5.32 Å². The van der Waals surface area contributed by atoms with Crippen LogP contribution in [-0.2, 0) is 4.74 Å². The van der Waals surface area contributed by atoms with Crippen molar-refractivity contribution in [1.29, 1.82) is 0 Å². The molecule has 2 fully saturated rings. The van der Waals surface area contributed by atoms with Crippen molar-refractivity contribution in [2.45, 2.75) is 6.42 Å². The van der Waals surface area contributed by atoms with E-state index in [1.54, 1.807) is 0 Å². The highest BCUT2D eigenvalue weighted by Gasteiger charge is 2.50. The lowest BCUT2D eigenvalue weighted by Crippen LogP contribution is -2.11. The lowest BCUT2D eigenvalue weighted by molar-refractivity contribution is 0.0885. The number of rotatable bonds is 2. The highest BCUT2D eigenvalue weighted by Crippen LogP contribution is 2.50. The van der Waals surface area contributed by atoms with E-state index < -0.39 is 0 Å². The highest BCUT2D eigenvalue weighted by atomic mass is 16.5. The molecule has 0 spiro atoms. The number of hydrogen-bond donors (Lipinski definition) is 1. The summed E-state index contributed by atoms with van der Waals surface area (Å²) >= 11 is 0. The third kappa shape index (κ3) is 0.956. The molecule has 1 N–H and O–H groups in total. The van der Waals surface area contributed by atoms with E-state index in [1.165, 1.54) is 13.0 Å². The van der Waals surface area contributed by atoms with Gasteiger partial charge in [0.25, 0.3) is 0 Å². The number of hydrogen-bond acceptors (Lipinski definition) is 2. The Kier molecular flexibility index (Phi) is 1.66. The van der Waals surface area contributed by atoms with Gasteiger partial charge in [-0.15, -0.1) is 0 Å². The van der Waals surface area contributed by atoms with Crippen molar-refractivity contribution in [3.05, 3.63) is 0 Å². The molecule has 1 aliphatic heterocycles. The first-order valence-electron chi connectivity index (χ1n) is 4.16. The monoisotopic (exact) mass is 141 g/mol. The summed E-state index contributed by atoms with van der Waals surface area (Å²) in [7, 11) is 2.03. The van der Waals surface area contributed by atoms with Gasteiger partial charge in [-0.25, -0.2) is 0 Å². The molecule has 0 amide bonds.